The van der Waals surface area contributed by atoms with E-state index in [2.05, 4.69) is 4.74 Å². The molecule has 9 aliphatic heterocycles. The molecule has 103 heavy (non-hydrogen) atoms. The first-order chi connectivity index (χ1) is 48.4. The van der Waals surface area contributed by atoms with Gasteiger partial charge in [-0.2, -0.15) is 0 Å². The Labute approximate surface area is 579 Å². The lowest BCUT2D eigenvalue weighted by Gasteiger charge is -2.45. The number of hydrogen-bond donors (Lipinski definition) is 35. The summed E-state index contributed by atoms with van der Waals surface area (Å²) in [6, 6.07) is 0. The monoisotopic (exact) mass is 1530 g/mol. The zero-order valence-electron chi connectivity index (χ0n) is 53.9. The lowest BCUT2D eigenvalue weighted by molar-refractivity contribution is -0.400. The van der Waals surface area contributed by atoms with Crippen molar-refractivity contribution < 1.29 is 245 Å². The van der Waals surface area contributed by atoms with Crippen LogP contribution in [-0.2, 0) is 66.3 Å². The number of aliphatic hydroxyl groups is 35. The van der Waals surface area contributed by atoms with Gasteiger partial charge in [0, 0.05) is 0 Å². The molecule has 608 valence electrons. The fourth-order valence-corrected chi connectivity index (χ4v) is 11.7. The Bertz CT molecular complexity index is 2450. The highest BCUT2D eigenvalue weighted by molar-refractivity contribution is 5.03. The molecule has 9 rings (SSSR count). The second kappa shape index (κ2) is 38.8. The van der Waals surface area contributed by atoms with Gasteiger partial charge in [0.25, 0.3) is 0 Å². The minimum Gasteiger partial charge on any atom is -0.394 e. The molecule has 0 radical (unpaired) electrons. The molecule has 35 N–H and O–H groups in total. The molecule has 0 amide bonds. The first-order valence-electron chi connectivity index (χ1n) is 31.7. The highest BCUT2D eigenvalue weighted by atomic mass is 16.8. The van der Waals surface area contributed by atoms with Crippen LogP contribution < -0.4 is 0 Å². The minimum absolute atomic E-state index is 0.468. The standard InChI is InChI=1S/2C18H32O16.C12H22O11.C6H12O6/c19-1-5-8(22)11(25)13(27)16(31-5)30-3-7-9(23)12(26)14(28)17(32-7)34-18(4-21)15(29)10(24)6(2-20)33-18;19-1-5-8(23)11(26)13(28)16(30-5)32-15-10(25)7(3-21)33-18(15,4-22)34-17-14(29)12(27)9(24)6(2-20)31-17;13-1-3-5(14)8(17)10(19)12(23-3)21-2-4-6(15)7(16)9(18)11(20)22-4;7-1-3-4(9)5(10)6(11,2-8)12-3/h2*5-17,19-29H,1-4H2;3-20H,1-2H2;3-5,7-11H,1-2H2/t5-,6-,7-,8+,9-,10-,11+,12+,13-,14-,15+,16+,17-,18+;5-,6-,7-,8-,9-,10-,11+,12+,13-,14-,15+,16-,17-,18+;3-,4-,5+,6-,7+,8+,9-,10-,11-,12+;3-,4-,5+,6-/m1111/s1. The molecule has 9 aliphatic rings. The molecular formula is C54H98O49. The van der Waals surface area contributed by atoms with E-state index in [1.54, 1.807) is 0 Å². The summed E-state index contributed by atoms with van der Waals surface area (Å²) >= 11 is 0. The van der Waals surface area contributed by atoms with Crippen LogP contribution in [0.3, 0.4) is 0 Å². The van der Waals surface area contributed by atoms with Crippen molar-refractivity contribution >= 4 is 0 Å². The predicted molar refractivity (Wildman–Crippen MR) is 307 cm³/mol. The van der Waals surface area contributed by atoms with E-state index in [9.17, 15) is 153 Å². The Morgan fingerprint density at radius 2 is 0.534 bits per heavy atom. The van der Waals surface area contributed by atoms with E-state index in [4.69, 9.17) is 87.1 Å². The van der Waals surface area contributed by atoms with E-state index < -0.39 is 336 Å². The Kier molecular flexibility index (Phi) is 33.9. The molecular weight excluding hydrogens is 1430 g/mol. The molecule has 0 aromatic carbocycles. The van der Waals surface area contributed by atoms with Gasteiger partial charge in [-0.25, -0.2) is 0 Å². The van der Waals surface area contributed by atoms with E-state index in [0.29, 0.717) is 0 Å². The summed E-state index contributed by atoms with van der Waals surface area (Å²) in [5.74, 6) is -6.95. The van der Waals surface area contributed by atoms with Crippen molar-refractivity contribution in [2.24, 2.45) is 0 Å². The SMILES string of the molecule is OC[C@H]1O[C@@](CO)(O[C@H]2O[C@H](CO)[C@@H](O)[C@H](O)[C@H]2O)[C@@H](O[C@H]2O[C@H](CO)[C@@H](O)[C@H](O)[C@H]2O)[C@@H]1O.OC[C@H]1O[C@H](OC[C@H]2O[C@@H](O)[C@H](O)[C@@H](O)[C@@H]2O)[C@H](O)[C@@H](O)[C@H]1O.OC[C@H]1O[C@H](OC[C@H]2O[C@H](O[C@]3(CO)O[C@H](CO)[C@@H](O)[C@@H]3O)[C@H](O)[C@@H](O)[C@@H]2O)[C@H](O)[C@@H](O)[C@H]1O.OC[C@H]1O[C@](O)(CO)[C@@H](O)[C@@H]1O. The van der Waals surface area contributed by atoms with Gasteiger partial charge < -0.3 is 245 Å². The van der Waals surface area contributed by atoms with Crippen LogP contribution in [0.2, 0.25) is 0 Å². The van der Waals surface area contributed by atoms with E-state index in [1.165, 1.54) is 0 Å². The third kappa shape index (κ3) is 19.5. The van der Waals surface area contributed by atoms with Crippen LogP contribution in [0.1, 0.15) is 0 Å². The van der Waals surface area contributed by atoms with Gasteiger partial charge in [0.05, 0.1) is 66.1 Å². The minimum atomic E-state index is -2.43. The molecule has 49 nitrogen and oxygen atoms in total. The van der Waals surface area contributed by atoms with E-state index >= 15 is 0 Å². The Morgan fingerprint density at radius 3 is 0.893 bits per heavy atom. The van der Waals surface area contributed by atoms with Gasteiger partial charge in [0.1, 0.15) is 215 Å². The topological polar surface area (TPSA) is 837 Å². The molecule has 0 bridgehead atoms. The van der Waals surface area contributed by atoms with Gasteiger partial charge in [0.15, 0.2) is 37.7 Å². The summed E-state index contributed by atoms with van der Waals surface area (Å²) in [6.07, 6.45) is -63.4. The molecule has 0 unspecified atom stereocenters. The van der Waals surface area contributed by atoms with Gasteiger partial charge in [-0.05, 0) is 0 Å². The zero-order chi connectivity index (χ0) is 77.4. The quantitative estimate of drug-likeness (QED) is 0.0479. The van der Waals surface area contributed by atoms with Crippen molar-refractivity contribution in [2.75, 3.05) is 79.3 Å². The molecule has 49 heteroatoms. The van der Waals surface area contributed by atoms with Gasteiger partial charge in [-0.1, -0.05) is 0 Å². The number of rotatable bonds is 22. The van der Waals surface area contributed by atoms with Gasteiger partial charge in [-0.15, -0.1) is 0 Å². The summed E-state index contributed by atoms with van der Waals surface area (Å²) in [7, 11) is 0. The average Bonchev–Trinajstić information content (AvgIpc) is 1.63. The smallest absolute Gasteiger partial charge is 0.224 e. The van der Waals surface area contributed by atoms with Crippen molar-refractivity contribution in [2.45, 2.75) is 257 Å². The summed E-state index contributed by atoms with van der Waals surface area (Å²) in [5, 5.41) is 339. The lowest BCUT2D eigenvalue weighted by Crippen LogP contribution is -2.64. The van der Waals surface area contributed by atoms with Gasteiger partial charge in [0.2, 0.25) is 17.4 Å². The van der Waals surface area contributed by atoms with Crippen LogP contribution in [0.5, 0.6) is 0 Å². The number of hydrogen-bond acceptors (Lipinski definition) is 49. The average molecular weight is 1530 g/mol. The van der Waals surface area contributed by atoms with E-state index in [1.807, 2.05) is 0 Å². The molecule has 0 saturated carbocycles. The maximum atomic E-state index is 10.6. The van der Waals surface area contributed by atoms with Gasteiger partial charge in [-0.3, -0.25) is 0 Å². The van der Waals surface area contributed by atoms with Crippen molar-refractivity contribution in [3.05, 3.63) is 0 Å². The zero-order valence-corrected chi connectivity index (χ0v) is 53.9. The molecule has 0 aliphatic carbocycles. The summed E-state index contributed by atoms with van der Waals surface area (Å²) in [6.45, 7) is -9.08. The normalized spacial score (nSPS) is 51.6. The van der Waals surface area contributed by atoms with Crippen molar-refractivity contribution in [3.63, 3.8) is 0 Å². The van der Waals surface area contributed by atoms with E-state index in [0.717, 1.165) is 0 Å². The van der Waals surface area contributed by atoms with E-state index in [-0.39, 0.29) is 0 Å². The van der Waals surface area contributed by atoms with Crippen LogP contribution in [0, 0.1) is 0 Å². The fourth-order valence-electron chi connectivity index (χ4n) is 11.7. The lowest BCUT2D eigenvalue weighted by atomic mass is 9.98. The second-order valence-corrected chi connectivity index (χ2v) is 25.1. The van der Waals surface area contributed by atoms with Crippen molar-refractivity contribution in [1.29, 1.82) is 0 Å². The maximum Gasteiger partial charge on any atom is 0.224 e. The predicted octanol–water partition coefficient (Wildman–Crippen LogP) is -23.8. The van der Waals surface area contributed by atoms with Crippen LogP contribution >= 0.6 is 0 Å². The highest BCUT2D eigenvalue weighted by Gasteiger charge is 2.63. The summed E-state index contributed by atoms with van der Waals surface area (Å²) < 4.78 is 73.1. The molecule has 0 aromatic rings. The molecule has 9 saturated heterocycles. The van der Waals surface area contributed by atoms with Crippen LogP contribution in [0.15, 0.2) is 0 Å². The largest absolute Gasteiger partial charge is 0.394 e. The molecule has 9 heterocycles. The third-order valence-electron chi connectivity index (χ3n) is 18.2. The molecule has 42 atom stereocenters. The summed E-state index contributed by atoms with van der Waals surface area (Å²) in [4.78, 5) is 0. The van der Waals surface area contributed by atoms with Crippen molar-refractivity contribution in [3.8, 4) is 0 Å². The Morgan fingerprint density at radius 1 is 0.243 bits per heavy atom. The van der Waals surface area contributed by atoms with Crippen LogP contribution in [-0.4, -0.2) is 515 Å². The Balaban J connectivity index is 0.000000228. The molecule has 9 fully saturated rings. The van der Waals surface area contributed by atoms with Crippen LogP contribution in [0.4, 0.5) is 0 Å². The number of aliphatic hydroxyl groups excluding tert-OH is 34. The van der Waals surface area contributed by atoms with Gasteiger partial charge >= 0.3 is 0 Å². The maximum absolute atomic E-state index is 10.6. The fraction of sp³-hybridized carbons (Fsp3) is 1.00. The third-order valence-corrected chi connectivity index (χ3v) is 18.2. The highest BCUT2D eigenvalue weighted by Crippen LogP contribution is 2.41. The first kappa shape index (κ1) is 89.9. The Hall–Kier alpha value is -1.96. The van der Waals surface area contributed by atoms with Crippen LogP contribution in [0.25, 0.3) is 0 Å². The first-order valence-corrected chi connectivity index (χ1v) is 31.7. The van der Waals surface area contributed by atoms with Crippen molar-refractivity contribution in [1.82, 2.24) is 0 Å². The molecule has 0 aromatic heterocycles. The number of ether oxygens (including phenoxy) is 14. The molecule has 0 spiro atoms. The summed E-state index contributed by atoms with van der Waals surface area (Å²) in [5.41, 5.74) is 0. The second-order valence-electron chi connectivity index (χ2n) is 25.1.